The van der Waals surface area contributed by atoms with Gasteiger partial charge in [0.15, 0.2) is 0 Å². The Morgan fingerprint density at radius 2 is 2.10 bits per heavy atom. The summed E-state index contributed by atoms with van der Waals surface area (Å²) in [6, 6.07) is 11.9. The van der Waals surface area contributed by atoms with Crippen LogP contribution in [0.15, 0.2) is 40.8 Å². The summed E-state index contributed by atoms with van der Waals surface area (Å²) in [6.07, 6.45) is 0.473. The number of fused-ring (bicyclic) bond motifs is 2. The predicted molar refractivity (Wildman–Crippen MR) is 84.5 cm³/mol. The summed E-state index contributed by atoms with van der Waals surface area (Å²) >= 11 is 3.69. The lowest BCUT2D eigenvalue weighted by molar-refractivity contribution is 0.196. The maximum atomic E-state index is 10.6. The van der Waals surface area contributed by atoms with Crippen molar-refractivity contribution in [1.82, 2.24) is 0 Å². The zero-order valence-corrected chi connectivity index (χ0v) is 12.5. The zero-order valence-electron chi connectivity index (χ0n) is 10.8. The highest BCUT2D eigenvalue weighted by Gasteiger charge is 2.21. The van der Waals surface area contributed by atoms with Gasteiger partial charge in [-0.2, -0.15) is 11.8 Å². The van der Waals surface area contributed by atoms with Crippen LogP contribution in [-0.4, -0.2) is 10.9 Å². The average Bonchev–Trinajstić information content (AvgIpc) is 3.10. The molecule has 102 valence electrons. The largest absolute Gasteiger partial charge is 0.458 e. The maximum absolute atomic E-state index is 10.6. The number of aliphatic hydroxyl groups is 1. The third-order valence-electron chi connectivity index (χ3n) is 3.63. The molecule has 1 aromatic carbocycles. The summed E-state index contributed by atoms with van der Waals surface area (Å²) in [5.74, 6) is 2.89. The van der Waals surface area contributed by atoms with E-state index in [4.69, 9.17) is 4.42 Å². The number of thiophene rings is 1. The lowest BCUT2D eigenvalue weighted by atomic mass is 10.1. The Kier molecular flexibility index (Phi) is 3.10. The van der Waals surface area contributed by atoms with E-state index in [1.54, 1.807) is 11.3 Å². The minimum atomic E-state index is -0.650. The van der Waals surface area contributed by atoms with E-state index >= 15 is 0 Å². The molecule has 0 fully saturated rings. The van der Waals surface area contributed by atoms with Crippen molar-refractivity contribution in [3.63, 3.8) is 0 Å². The molecular weight excluding hydrogens is 288 g/mol. The number of aliphatic hydroxyl groups excluding tert-OH is 1. The molecule has 0 saturated heterocycles. The smallest absolute Gasteiger partial charge is 0.146 e. The molecule has 0 spiro atoms. The fourth-order valence-corrected chi connectivity index (χ4v) is 4.95. The van der Waals surface area contributed by atoms with Crippen LogP contribution >= 0.6 is 23.1 Å². The van der Waals surface area contributed by atoms with Gasteiger partial charge in [0.25, 0.3) is 0 Å². The molecule has 3 heterocycles. The van der Waals surface area contributed by atoms with Crippen molar-refractivity contribution in [3.8, 4) is 0 Å². The number of thioether (sulfide) groups is 1. The van der Waals surface area contributed by atoms with Crippen LogP contribution in [0.25, 0.3) is 11.0 Å². The first-order valence-corrected chi connectivity index (χ1v) is 8.64. The van der Waals surface area contributed by atoms with Crippen LogP contribution in [0.4, 0.5) is 0 Å². The molecule has 1 aliphatic rings. The van der Waals surface area contributed by atoms with Gasteiger partial charge in [0, 0.05) is 20.9 Å². The van der Waals surface area contributed by atoms with E-state index in [2.05, 4.69) is 6.07 Å². The highest BCUT2D eigenvalue weighted by Crippen LogP contribution is 2.37. The van der Waals surface area contributed by atoms with Gasteiger partial charge in [0.05, 0.1) is 0 Å². The standard InChI is InChI=1S/C16H14O2S2/c17-16(13-7-10-3-1-2-4-12(10)18-13)15-8-11-9-19-6-5-14(11)20-15/h1-4,7-8,16-17H,5-6,9H2. The van der Waals surface area contributed by atoms with Gasteiger partial charge in [-0.25, -0.2) is 0 Å². The topological polar surface area (TPSA) is 33.4 Å². The van der Waals surface area contributed by atoms with Crippen molar-refractivity contribution in [2.24, 2.45) is 0 Å². The first-order chi connectivity index (χ1) is 9.81. The third kappa shape index (κ3) is 2.08. The first-order valence-electron chi connectivity index (χ1n) is 6.67. The van der Waals surface area contributed by atoms with Crippen molar-refractivity contribution < 1.29 is 9.52 Å². The fraction of sp³-hybridized carbons (Fsp3) is 0.250. The second-order valence-corrected chi connectivity index (χ2v) is 7.26. The van der Waals surface area contributed by atoms with Gasteiger partial charge in [0.2, 0.25) is 0 Å². The van der Waals surface area contributed by atoms with Crippen LogP contribution in [-0.2, 0) is 12.2 Å². The number of hydrogen-bond donors (Lipinski definition) is 1. The molecule has 3 aromatic rings. The van der Waals surface area contributed by atoms with Crippen molar-refractivity contribution in [2.75, 3.05) is 5.75 Å². The van der Waals surface area contributed by atoms with Gasteiger partial charge in [-0.1, -0.05) is 18.2 Å². The molecule has 1 atom stereocenters. The Morgan fingerprint density at radius 1 is 1.20 bits per heavy atom. The third-order valence-corrected chi connectivity index (χ3v) is 5.93. The van der Waals surface area contributed by atoms with Gasteiger partial charge in [-0.15, -0.1) is 11.3 Å². The monoisotopic (exact) mass is 302 g/mol. The van der Waals surface area contributed by atoms with Crippen LogP contribution < -0.4 is 0 Å². The van der Waals surface area contributed by atoms with Crippen molar-refractivity contribution in [3.05, 3.63) is 57.5 Å². The lowest BCUT2D eigenvalue weighted by Gasteiger charge is -2.08. The van der Waals surface area contributed by atoms with Gasteiger partial charge < -0.3 is 9.52 Å². The average molecular weight is 302 g/mol. The molecule has 0 amide bonds. The van der Waals surface area contributed by atoms with Gasteiger partial charge in [-0.3, -0.25) is 0 Å². The van der Waals surface area contributed by atoms with Gasteiger partial charge >= 0.3 is 0 Å². The number of furan rings is 1. The molecule has 0 radical (unpaired) electrons. The Balaban J connectivity index is 1.72. The van der Waals surface area contributed by atoms with E-state index in [1.807, 2.05) is 42.1 Å². The quantitative estimate of drug-likeness (QED) is 0.763. The Morgan fingerprint density at radius 3 is 2.95 bits per heavy atom. The maximum Gasteiger partial charge on any atom is 0.146 e. The van der Waals surface area contributed by atoms with Crippen LogP contribution in [0.2, 0.25) is 0 Å². The highest BCUT2D eigenvalue weighted by molar-refractivity contribution is 7.98. The molecule has 4 rings (SSSR count). The first kappa shape index (κ1) is 12.5. The molecule has 1 unspecified atom stereocenters. The minimum Gasteiger partial charge on any atom is -0.458 e. The van der Waals surface area contributed by atoms with Gasteiger partial charge in [0.1, 0.15) is 17.4 Å². The van der Waals surface area contributed by atoms with Crippen LogP contribution in [0.5, 0.6) is 0 Å². The molecule has 1 aliphatic heterocycles. The minimum absolute atomic E-state index is 0.637. The molecule has 2 nitrogen and oxygen atoms in total. The van der Waals surface area contributed by atoms with Crippen LogP contribution in [0.1, 0.15) is 27.2 Å². The number of rotatable bonds is 2. The van der Waals surface area contributed by atoms with E-state index < -0.39 is 6.10 Å². The highest BCUT2D eigenvalue weighted by atomic mass is 32.2. The van der Waals surface area contributed by atoms with Crippen molar-refractivity contribution in [1.29, 1.82) is 0 Å². The van der Waals surface area contributed by atoms with Crippen molar-refractivity contribution >= 4 is 34.1 Å². The number of para-hydroxylation sites is 1. The van der Waals surface area contributed by atoms with Crippen LogP contribution in [0, 0.1) is 0 Å². The Hall–Kier alpha value is -1.23. The number of aryl methyl sites for hydroxylation is 1. The molecular formula is C16H14O2S2. The summed E-state index contributed by atoms with van der Waals surface area (Å²) < 4.78 is 5.77. The molecule has 1 N–H and O–H groups in total. The van der Waals surface area contributed by atoms with Gasteiger partial charge in [-0.05, 0) is 35.9 Å². The van der Waals surface area contributed by atoms with Crippen molar-refractivity contribution in [2.45, 2.75) is 18.3 Å². The molecule has 0 bridgehead atoms. The Labute approximate surface area is 125 Å². The SMILES string of the molecule is OC(c1cc2ccccc2o1)c1cc2c(s1)CCSC2. The molecule has 2 aromatic heterocycles. The van der Waals surface area contributed by atoms with E-state index in [-0.39, 0.29) is 0 Å². The molecule has 20 heavy (non-hydrogen) atoms. The molecule has 4 heteroatoms. The van der Waals surface area contributed by atoms with E-state index in [1.165, 1.54) is 16.2 Å². The summed E-state index contributed by atoms with van der Waals surface area (Å²) in [6.45, 7) is 0. The Bertz CT molecular complexity index is 700. The summed E-state index contributed by atoms with van der Waals surface area (Å²) in [5, 5.41) is 11.6. The zero-order chi connectivity index (χ0) is 13.5. The lowest BCUT2D eigenvalue weighted by Crippen LogP contribution is -1.96. The summed E-state index contributed by atoms with van der Waals surface area (Å²) in [5.41, 5.74) is 2.22. The van der Waals surface area contributed by atoms with E-state index in [9.17, 15) is 5.11 Å². The second-order valence-electron chi connectivity index (χ2n) is 4.99. The summed E-state index contributed by atoms with van der Waals surface area (Å²) in [7, 11) is 0. The van der Waals surface area contributed by atoms with E-state index in [0.717, 1.165) is 28.0 Å². The number of benzene rings is 1. The fourth-order valence-electron chi connectivity index (χ4n) is 2.58. The predicted octanol–water partition coefficient (Wildman–Crippen LogP) is 4.37. The number of hydrogen-bond acceptors (Lipinski definition) is 4. The normalized spacial score (nSPS) is 16.2. The molecule has 0 aliphatic carbocycles. The second kappa shape index (κ2) is 4.95. The molecule has 0 saturated carbocycles. The summed E-state index contributed by atoms with van der Waals surface area (Å²) in [4.78, 5) is 2.42. The van der Waals surface area contributed by atoms with E-state index in [0.29, 0.717) is 5.76 Å². The van der Waals surface area contributed by atoms with Crippen LogP contribution in [0.3, 0.4) is 0 Å².